The number of hydrogen-bond donors (Lipinski definition) is 0. The summed E-state index contributed by atoms with van der Waals surface area (Å²) in [6.45, 7) is 3.36. The number of nitrogens with zero attached hydrogens (tertiary/aromatic N) is 3. The summed E-state index contributed by atoms with van der Waals surface area (Å²) in [6, 6.07) is 0.588. The minimum atomic E-state index is 0.588. The third-order valence-corrected chi connectivity index (χ3v) is 4.71. The van der Waals surface area contributed by atoms with Crippen molar-refractivity contribution in [2.45, 2.75) is 19.4 Å². The van der Waals surface area contributed by atoms with E-state index in [1.54, 1.807) is 11.3 Å². The minimum absolute atomic E-state index is 0.588. The predicted octanol–water partition coefficient (Wildman–Crippen LogP) is 2.63. The molecule has 1 atom stereocenters. The van der Waals surface area contributed by atoms with Crippen molar-refractivity contribution < 1.29 is 0 Å². The van der Waals surface area contributed by atoms with Crippen LogP contribution in [0.4, 0.5) is 5.13 Å². The lowest BCUT2D eigenvalue weighted by Gasteiger charge is -2.25. The molecule has 1 fully saturated rings. The van der Waals surface area contributed by atoms with Crippen molar-refractivity contribution >= 4 is 44.2 Å². The maximum atomic E-state index is 4.17. The van der Waals surface area contributed by atoms with Crippen LogP contribution in [-0.2, 0) is 0 Å². The quantitative estimate of drug-likeness (QED) is 0.796. The van der Waals surface area contributed by atoms with Gasteiger partial charge in [0.25, 0.3) is 0 Å². The molecule has 0 radical (unpaired) electrons. The number of halogens is 1. The third kappa shape index (κ3) is 2.41. The molecule has 78 valence electrons. The molecule has 1 aliphatic rings. The summed E-state index contributed by atoms with van der Waals surface area (Å²) in [5.74, 6) is 2.46. The van der Waals surface area contributed by atoms with Gasteiger partial charge in [0.05, 0.1) is 0 Å². The van der Waals surface area contributed by atoms with Crippen molar-refractivity contribution in [1.29, 1.82) is 0 Å². The van der Waals surface area contributed by atoms with Crippen molar-refractivity contribution in [3.63, 3.8) is 0 Å². The van der Waals surface area contributed by atoms with Gasteiger partial charge in [0.2, 0.25) is 5.13 Å². The van der Waals surface area contributed by atoms with E-state index >= 15 is 0 Å². The van der Waals surface area contributed by atoms with E-state index < -0.39 is 0 Å². The molecule has 0 aliphatic carbocycles. The maximum absolute atomic E-state index is 4.17. The van der Waals surface area contributed by atoms with Crippen LogP contribution in [0.15, 0.2) is 3.92 Å². The number of hydrogen-bond acceptors (Lipinski definition) is 5. The fraction of sp³-hybridized carbons (Fsp3) is 0.750. The fourth-order valence-electron chi connectivity index (χ4n) is 1.49. The van der Waals surface area contributed by atoms with E-state index in [1.807, 2.05) is 11.8 Å². The number of anilines is 1. The summed E-state index contributed by atoms with van der Waals surface area (Å²) in [5.41, 5.74) is 0. The highest BCUT2D eigenvalue weighted by Crippen LogP contribution is 2.28. The Bertz CT molecular complexity index is 305. The lowest BCUT2D eigenvalue weighted by atomic mass is 10.2. The molecule has 1 unspecified atom stereocenters. The molecule has 6 heteroatoms. The molecule has 2 heterocycles. The highest BCUT2D eigenvalue weighted by Gasteiger charge is 2.20. The molecule has 14 heavy (non-hydrogen) atoms. The van der Waals surface area contributed by atoms with E-state index in [4.69, 9.17) is 0 Å². The normalized spacial score (nSPS) is 23.6. The fourth-order valence-corrected chi connectivity index (χ4v) is 3.75. The van der Waals surface area contributed by atoms with E-state index in [0.717, 1.165) is 15.6 Å². The van der Waals surface area contributed by atoms with Crippen molar-refractivity contribution in [2.24, 2.45) is 0 Å². The second kappa shape index (κ2) is 4.81. The van der Waals surface area contributed by atoms with Gasteiger partial charge in [-0.05, 0) is 35.0 Å². The Hall–Kier alpha value is 0.190. The van der Waals surface area contributed by atoms with Crippen molar-refractivity contribution in [1.82, 2.24) is 10.2 Å². The van der Waals surface area contributed by atoms with Crippen LogP contribution in [0.25, 0.3) is 0 Å². The van der Waals surface area contributed by atoms with Gasteiger partial charge in [0.15, 0.2) is 3.92 Å². The molecule has 2 rings (SSSR count). The number of aromatic nitrogens is 2. The molecule has 1 aliphatic heterocycles. The van der Waals surface area contributed by atoms with Crippen LogP contribution in [0.2, 0.25) is 0 Å². The van der Waals surface area contributed by atoms with Crippen molar-refractivity contribution in [3.05, 3.63) is 3.92 Å². The minimum Gasteiger partial charge on any atom is -0.343 e. The molecule has 1 aromatic rings. The monoisotopic (exact) mass is 293 g/mol. The van der Waals surface area contributed by atoms with Crippen LogP contribution in [0.1, 0.15) is 13.3 Å². The molecule has 0 amide bonds. The van der Waals surface area contributed by atoms with Gasteiger partial charge < -0.3 is 4.90 Å². The third-order valence-electron chi connectivity index (χ3n) is 2.32. The van der Waals surface area contributed by atoms with E-state index in [9.17, 15) is 0 Å². The smallest absolute Gasteiger partial charge is 0.209 e. The van der Waals surface area contributed by atoms with Gasteiger partial charge in [-0.1, -0.05) is 11.3 Å². The van der Waals surface area contributed by atoms with Crippen LogP contribution < -0.4 is 4.90 Å². The first-order chi connectivity index (χ1) is 6.77. The zero-order valence-electron chi connectivity index (χ0n) is 7.94. The first-order valence-corrected chi connectivity index (χ1v) is 7.37. The predicted molar refractivity (Wildman–Crippen MR) is 66.4 cm³/mol. The summed E-state index contributed by atoms with van der Waals surface area (Å²) >= 11 is 7.00. The molecule has 0 aromatic carbocycles. The van der Waals surface area contributed by atoms with E-state index in [2.05, 4.69) is 38.0 Å². The molecule has 0 N–H and O–H groups in total. The average Bonchev–Trinajstić information content (AvgIpc) is 2.46. The lowest BCUT2D eigenvalue weighted by Crippen LogP contribution is -2.33. The zero-order valence-corrected chi connectivity index (χ0v) is 11.2. The second-order valence-corrected chi connectivity index (χ2v) is 6.74. The lowest BCUT2D eigenvalue weighted by molar-refractivity contribution is 0.641. The Morgan fingerprint density at radius 3 is 3.00 bits per heavy atom. The molecule has 3 nitrogen and oxygen atoms in total. The molecule has 1 saturated heterocycles. The summed E-state index contributed by atoms with van der Waals surface area (Å²) in [6.07, 6.45) is 1.24. The van der Waals surface area contributed by atoms with E-state index in [-0.39, 0.29) is 0 Å². The molecular weight excluding hydrogens is 282 g/mol. The molecular formula is C8H12BrN3S2. The second-order valence-electron chi connectivity index (χ2n) is 3.28. The highest BCUT2D eigenvalue weighted by atomic mass is 79.9. The van der Waals surface area contributed by atoms with Gasteiger partial charge in [-0.3, -0.25) is 0 Å². The summed E-state index contributed by atoms with van der Waals surface area (Å²) < 4.78 is 0.872. The van der Waals surface area contributed by atoms with Crippen LogP contribution in [0.3, 0.4) is 0 Å². The van der Waals surface area contributed by atoms with E-state index in [1.165, 1.54) is 17.9 Å². The van der Waals surface area contributed by atoms with Gasteiger partial charge >= 0.3 is 0 Å². The maximum Gasteiger partial charge on any atom is 0.209 e. The summed E-state index contributed by atoms with van der Waals surface area (Å²) in [4.78, 5) is 2.36. The van der Waals surface area contributed by atoms with Gasteiger partial charge in [0.1, 0.15) is 0 Å². The Kier molecular flexibility index (Phi) is 3.67. The van der Waals surface area contributed by atoms with Gasteiger partial charge in [0, 0.05) is 18.3 Å². The molecule has 1 aromatic heterocycles. The Labute approximate surface area is 100 Å². The largest absolute Gasteiger partial charge is 0.343 e. The highest BCUT2D eigenvalue weighted by molar-refractivity contribution is 9.11. The first kappa shape index (κ1) is 10.7. The van der Waals surface area contributed by atoms with Crippen molar-refractivity contribution in [3.8, 4) is 0 Å². The Morgan fingerprint density at radius 2 is 2.29 bits per heavy atom. The van der Waals surface area contributed by atoms with Crippen LogP contribution in [0.5, 0.6) is 0 Å². The van der Waals surface area contributed by atoms with Gasteiger partial charge in [-0.25, -0.2) is 0 Å². The number of thioether (sulfide) groups is 1. The summed E-state index contributed by atoms with van der Waals surface area (Å²) in [5, 5.41) is 9.21. The standard InChI is InChI=1S/C8H12BrN3S2/c1-6-2-4-13-5-3-12(6)8-11-10-7(9)14-8/h6H,2-5H2,1H3. The topological polar surface area (TPSA) is 29.0 Å². The summed E-state index contributed by atoms with van der Waals surface area (Å²) in [7, 11) is 0. The average molecular weight is 294 g/mol. The molecule has 0 bridgehead atoms. The molecule has 0 saturated carbocycles. The van der Waals surface area contributed by atoms with Crippen molar-refractivity contribution in [2.75, 3.05) is 23.0 Å². The zero-order chi connectivity index (χ0) is 9.97. The molecule has 0 spiro atoms. The Balaban J connectivity index is 2.14. The SMILES string of the molecule is CC1CCSCCN1c1nnc(Br)s1. The Morgan fingerprint density at radius 1 is 1.43 bits per heavy atom. The van der Waals surface area contributed by atoms with Crippen LogP contribution in [-0.4, -0.2) is 34.3 Å². The first-order valence-electron chi connectivity index (χ1n) is 4.61. The van der Waals surface area contributed by atoms with E-state index in [0.29, 0.717) is 6.04 Å². The van der Waals surface area contributed by atoms with Gasteiger partial charge in [-0.15, -0.1) is 10.2 Å². The van der Waals surface area contributed by atoms with Crippen LogP contribution in [0, 0.1) is 0 Å². The van der Waals surface area contributed by atoms with Gasteiger partial charge in [-0.2, -0.15) is 11.8 Å². The van der Waals surface area contributed by atoms with Crippen LogP contribution >= 0.6 is 39.0 Å². The number of rotatable bonds is 1.